The molecule has 2 fully saturated rings. The van der Waals surface area contributed by atoms with Crippen molar-refractivity contribution in [3.05, 3.63) is 24.3 Å². The van der Waals surface area contributed by atoms with Gasteiger partial charge < -0.3 is 9.80 Å². The van der Waals surface area contributed by atoms with Crippen LogP contribution in [0.15, 0.2) is 18.5 Å². The highest BCUT2D eigenvalue weighted by Crippen LogP contribution is 2.29. The first kappa shape index (κ1) is 14.0. The first-order valence-corrected chi connectivity index (χ1v) is 7.52. The second kappa shape index (κ2) is 5.79. The molecule has 2 atom stereocenters. The zero-order valence-corrected chi connectivity index (χ0v) is 12.2. The Kier molecular flexibility index (Phi) is 3.86. The van der Waals surface area contributed by atoms with Gasteiger partial charge in [-0.3, -0.25) is 9.59 Å². The first-order valence-electron chi connectivity index (χ1n) is 7.52. The lowest BCUT2D eigenvalue weighted by Gasteiger charge is -2.43. The maximum atomic E-state index is 12.7. The van der Waals surface area contributed by atoms with E-state index in [1.54, 1.807) is 18.5 Å². The molecule has 6 nitrogen and oxygen atoms in total. The van der Waals surface area contributed by atoms with Crippen LogP contribution >= 0.6 is 0 Å². The van der Waals surface area contributed by atoms with Crippen molar-refractivity contribution in [3.63, 3.8) is 0 Å². The molecule has 2 amide bonds. The summed E-state index contributed by atoms with van der Waals surface area (Å²) in [6, 6.07) is 1.92. The van der Waals surface area contributed by atoms with Crippen LogP contribution in [0.3, 0.4) is 0 Å². The minimum Gasteiger partial charge on any atom is -0.341 e. The Morgan fingerprint density at radius 3 is 2.67 bits per heavy atom. The van der Waals surface area contributed by atoms with Crippen molar-refractivity contribution in [2.75, 3.05) is 13.6 Å². The fourth-order valence-corrected chi connectivity index (χ4v) is 3.45. The first-order chi connectivity index (χ1) is 10.2. The molecule has 0 saturated carbocycles. The topological polar surface area (TPSA) is 66.4 Å². The average molecular weight is 288 g/mol. The molecule has 0 aliphatic carbocycles. The predicted octanol–water partition coefficient (Wildman–Crippen LogP) is 1.09. The predicted molar refractivity (Wildman–Crippen MR) is 76.5 cm³/mol. The van der Waals surface area contributed by atoms with E-state index < -0.39 is 0 Å². The van der Waals surface area contributed by atoms with Gasteiger partial charge in [0, 0.05) is 32.4 Å². The number of piperidine rings is 1. The Hall–Kier alpha value is -1.98. The normalized spacial score (nSPS) is 26.2. The van der Waals surface area contributed by atoms with Crippen LogP contribution in [0.5, 0.6) is 0 Å². The minimum absolute atomic E-state index is 0.0894. The van der Waals surface area contributed by atoms with Crippen molar-refractivity contribution < 1.29 is 9.59 Å². The summed E-state index contributed by atoms with van der Waals surface area (Å²) in [6.07, 6.45) is 7.34. The smallest absolute Gasteiger partial charge is 0.291 e. The lowest BCUT2D eigenvalue weighted by atomic mass is 9.92. The molecule has 3 heterocycles. The molecule has 0 spiro atoms. The second-order valence-corrected chi connectivity index (χ2v) is 5.74. The number of likely N-dealkylation sites (tertiary alicyclic amines) is 2. The summed E-state index contributed by atoms with van der Waals surface area (Å²) in [6.45, 7) is 0.723. The van der Waals surface area contributed by atoms with E-state index in [9.17, 15) is 9.59 Å². The number of aromatic nitrogens is 2. The Labute approximate surface area is 124 Å². The fourth-order valence-electron chi connectivity index (χ4n) is 3.45. The number of amides is 2. The van der Waals surface area contributed by atoms with Crippen LogP contribution in [-0.4, -0.2) is 57.3 Å². The molecule has 0 aromatic carbocycles. The highest BCUT2D eigenvalue weighted by Gasteiger charge is 2.40. The van der Waals surface area contributed by atoms with Gasteiger partial charge in [0.05, 0.1) is 12.1 Å². The Balaban J connectivity index is 1.85. The average Bonchev–Trinajstić information content (AvgIpc) is 2.67. The highest BCUT2D eigenvalue weighted by molar-refractivity contribution is 5.91. The van der Waals surface area contributed by atoms with Gasteiger partial charge in [-0.15, -0.1) is 0 Å². The third-order valence-corrected chi connectivity index (χ3v) is 4.54. The minimum atomic E-state index is -0.118. The largest absolute Gasteiger partial charge is 0.341 e. The van der Waals surface area contributed by atoms with Gasteiger partial charge in [0.25, 0.3) is 5.91 Å². The van der Waals surface area contributed by atoms with E-state index in [0.29, 0.717) is 6.42 Å². The van der Waals surface area contributed by atoms with Crippen molar-refractivity contribution in [1.29, 1.82) is 0 Å². The van der Waals surface area contributed by atoms with Gasteiger partial charge in [-0.2, -0.15) is 0 Å². The van der Waals surface area contributed by atoms with Crippen molar-refractivity contribution in [2.45, 2.75) is 44.2 Å². The van der Waals surface area contributed by atoms with E-state index in [1.165, 1.54) is 0 Å². The Morgan fingerprint density at radius 2 is 1.90 bits per heavy atom. The molecule has 0 bridgehead atoms. The number of carbonyl (C=O) groups excluding carboxylic acids is 2. The molecule has 0 N–H and O–H groups in total. The summed E-state index contributed by atoms with van der Waals surface area (Å²) in [4.78, 5) is 36.5. The summed E-state index contributed by atoms with van der Waals surface area (Å²) < 4.78 is 0. The van der Waals surface area contributed by atoms with Crippen molar-refractivity contribution in [1.82, 2.24) is 19.8 Å². The van der Waals surface area contributed by atoms with Crippen LogP contribution in [0.2, 0.25) is 0 Å². The van der Waals surface area contributed by atoms with Crippen molar-refractivity contribution >= 4 is 11.8 Å². The zero-order valence-electron chi connectivity index (χ0n) is 12.2. The summed E-state index contributed by atoms with van der Waals surface area (Å²) in [5.41, 5.74) is 0. The SMILES string of the molecule is CN1C(=O)CCC[C@@H]2[C@H]1CCCN2C(=O)c1ncccn1. The lowest BCUT2D eigenvalue weighted by molar-refractivity contribution is -0.132. The number of hydrogen-bond donors (Lipinski definition) is 0. The van der Waals surface area contributed by atoms with Gasteiger partial charge in [-0.1, -0.05) is 0 Å². The number of hydrogen-bond acceptors (Lipinski definition) is 4. The monoisotopic (exact) mass is 288 g/mol. The third kappa shape index (κ3) is 2.62. The molecule has 3 rings (SSSR count). The summed E-state index contributed by atoms with van der Waals surface area (Å²) in [5.74, 6) is 0.317. The fraction of sp³-hybridized carbons (Fsp3) is 0.600. The summed E-state index contributed by atoms with van der Waals surface area (Å²) in [5, 5.41) is 0. The molecule has 0 radical (unpaired) electrons. The molecular weight excluding hydrogens is 268 g/mol. The second-order valence-electron chi connectivity index (χ2n) is 5.74. The zero-order chi connectivity index (χ0) is 14.8. The van der Waals surface area contributed by atoms with Crippen LogP contribution in [0, 0.1) is 0 Å². The molecule has 2 saturated heterocycles. The van der Waals surface area contributed by atoms with E-state index in [1.807, 2.05) is 16.8 Å². The van der Waals surface area contributed by atoms with Gasteiger partial charge in [0.2, 0.25) is 11.7 Å². The quantitative estimate of drug-likeness (QED) is 0.776. The number of likely N-dealkylation sites (N-methyl/N-ethyl adjacent to an activating group) is 1. The van der Waals surface area contributed by atoms with Crippen LogP contribution in [0.4, 0.5) is 0 Å². The van der Waals surface area contributed by atoms with Gasteiger partial charge in [0.15, 0.2) is 0 Å². The Bertz CT molecular complexity index is 534. The van der Waals surface area contributed by atoms with E-state index in [4.69, 9.17) is 0 Å². The molecule has 1 aromatic heterocycles. The van der Waals surface area contributed by atoms with Crippen LogP contribution in [-0.2, 0) is 4.79 Å². The van der Waals surface area contributed by atoms with Crippen LogP contribution in [0.25, 0.3) is 0 Å². The maximum Gasteiger partial charge on any atom is 0.291 e. The highest BCUT2D eigenvalue weighted by atomic mass is 16.2. The summed E-state index contributed by atoms with van der Waals surface area (Å²) in [7, 11) is 1.86. The van der Waals surface area contributed by atoms with E-state index in [0.717, 1.165) is 32.2 Å². The maximum absolute atomic E-state index is 12.7. The number of nitrogens with zero attached hydrogens (tertiary/aromatic N) is 4. The van der Waals surface area contributed by atoms with Gasteiger partial charge in [0.1, 0.15) is 0 Å². The standard InChI is InChI=1S/C15H20N4O2/c1-18-11-6-3-10-19(12(11)5-2-7-13(18)20)15(21)14-16-8-4-9-17-14/h4,8-9,11-12H,2-3,5-7,10H2,1H3/t11-,12-/m1/s1. The van der Waals surface area contributed by atoms with E-state index >= 15 is 0 Å². The molecule has 0 unspecified atom stereocenters. The molecule has 6 heteroatoms. The number of carbonyl (C=O) groups is 2. The molecule has 112 valence electrons. The van der Waals surface area contributed by atoms with Gasteiger partial charge in [-0.05, 0) is 31.7 Å². The van der Waals surface area contributed by atoms with Crippen LogP contribution < -0.4 is 0 Å². The van der Waals surface area contributed by atoms with E-state index in [-0.39, 0.29) is 29.7 Å². The molecule has 1 aromatic rings. The van der Waals surface area contributed by atoms with Gasteiger partial charge >= 0.3 is 0 Å². The molecule has 2 aliphatic rings. The molecule has 21 heavy (non-hydrogen) atoms. The molecular formula is C15H20N4O2. The molecule has 2 aliphatic heterocycles. The number of rotatable bonds is 1. The third-order valence-electron chi connectivity index (χ3n) is 4.54. The van der Waals surface area contributed by atoms with Crippen molar-refractivity contribution in [3.8, 4) is 0 Å². The Morgan fingerprint density at radius 1 is 1.19 bits per heavy atom. The van der Waals surface area contributed by atoms with E-state index in [2.05, 4.69) is 9.97 Å². The van der Waals surface area contributed by atoms with Crippen LogP contribution in [0.1, 0.15) is 42.7 Å². The lowest BCUT2D eigenvalue weighted by Crippen LogP contribution is -2.56. The number of fused-ring (bicyclic) bond motifs is 1. The summed E-state index contributed by atoms with van der Waals surface area (Å²) >= 11 is 0. The van der Waals surface area contributed by atoms with Crippen molar-refractivity contribution in [2.24, 2.45) is 0 Å². The van der Waals surface area contributed by atoms with Gasteiger partial charge in [-0.25, -0.2) is 9.97 Å².